The van der Waals surface area contributed by atoms with Gasteiger partial charge < -0.3 is 9.47 Å². The molecule has 0 spiro atoms. The van der Waals surface area contributed by atoms with Crippen LogP contribution < -0.4 is 0 Å². The van der Waals surface area contributed by atoms with E-state index in [2.05, 4.69) is 22.5 Å². The molecule has 0 aliphatic carbocycles. The first-order valence-electron chi connectivity index (χ1n) is 5.02. The van der Waals surface area contributed by atoms with Gasteiger partial charge in [0.05, 0.1) is 6.61 Å². The molecule has 0 saturated heterocycles. The molecule has 4 nitrogen and oxygen atoms in total. The first-order chi connectivity index (χ1) is 7.66. The summed E-state index contributed by atoms with van der Waals surface area (Å²) in [6, 6.07) is 0. The largest absolute Gasteiger partial charge is 0.460 e. The Balaban J connectivity index is 3.87. The molecule has 0 radical (unpaired) electrons. The van der Waals surface area contributed by atoms with E-state index in [1.807, 2.05) is 22.6 Å². The summed E-state index contributed by atoms with van der Waals surface area (Å²) >= 11 is 5.24. The van der Waals surface area contributed by atoms with Crippen molar-refractivity contribution in [3.05, 3.63) is 12.2 Å². The molecule has 0 aromatic carbocycles. The van der Waals surface area contributed by atoms with Gasteiger partial charge in [-0.3, -0.25) is 4.79 Å². The van der Waals surface area contributed by atoms with E-state index in [4.69, 9.17) is 9.47 Å². The fourth-order valence-electron chi connectivity index (χ4n) is 0.915. The number of ether oxygens (including phenoxy) is 2. The second kappa shape index (κ2) is 7.48. The summed E-state index contributed by atoms with van der Waals surface area (Å²) in [5, 5.41) is 0. The van der Waals surface area contributed by atoms with Crippen molar-refractivity contribution in [2.24, 2.45) is 0 Å². The van der Waals surface area contributed by atoms with Gasteiger partial charge in [-0.05, 0) is 20.8 Å². The Morgan fingerprint density at radius 2 is 2.00 bits per heavy atom. The molecule has 0 bridgehead atoms. The van der Waals surface area contributed by atoms with Crippen molar-refractivity contribution >= 4 is 50.3 Å². The van der Waals surface area contributed by atoms with E-state index in [1.165, 1.54) is 0 Å². The summed E-state index contributed by atoms with van der Waals surface area (Å²) in [4.78, 5) is 22.7. The highest BCUT2D eigenvalue weighted by atomic mass is 127. The van der Waals surface area contributed by atoms with E-state index in [1.54, 1.807) is 20.8 Å². The highest BCUT2D eigenvalue weighted by Gasteiger charge is 2.30. The van der Waals surface area contributed by atoms with Crippen LogP contribution in [0.1, 0.15) is 20.8 Å². The number of halogens is 2. The Hall–Kier alpha value is 0.0500. The van der Waals surface area contributed by atoms with E-state index >= 15 is 0 Å². The van der Waals surface area contributed by atoms with Crippen molar-refractivity contribution in [2.75, 3.05) is 13.2 Å². The van der Waals surface area contributed by atoms with Gasteiger partial charge in [0.15, 0.2) is 5.78 Å². The molecule has 98 valence electrons. The molecule has 0 N–H and O–H groups in total. The average Bonchev–Trinajstić information content (AvgIpc) is 2.20. The van der Waals surface area contributed by atoms with Crippen LogP contribution in [0.2, 0.25) is 0 Å². The molecule has 6 heteroatoms. The predicted molar refractivity (Wildman–Crippen MR) is 77.5 cm³/mol. The maximum atomic E-state index is 11.7. The normalized spacial score (nSPS) is 15.8. The molecule has 0 aliphatic rings. The highest BCUT2D eigenvalue weighted by Crippen LogP contribution is 2.28. The molecule has 17 heavy (non-hydrogen) atoms. The molecule has 0 aromatic rings. The number of ketones is 1. The summed E-state index contributed by atoms with van der Waals surface area (Å²) in [7, 11) is 0. The Labute approximate surface area is 123 Å². The van der Waals surface area contributed by atoms with E-state index in [0.717, 1.165) is 0 Å². The standard InChI is InChI=1S/C11H16BrIO4/c1-7(2)10(15)17-6-5-16-8(3)9(14)11(4,12)13/h8H,1,5-6H2,2-4H3. The van der Waals surface area contributed by atoms with Gasteiger partial charge in [-0.1, -0.05) is 45.1 Å². The summed E-state index contributed by atoms with van der Waals surface area (Å²) in [6.07, 6.45) is -0.542. The Bertz CT molecular complexity index is 309. The summed E-state index contributed by atoms with van der Waals surface area (Å²) in [5.74, 6) is -0.517. The van der Waals surface area contributed by atoms with Crippen LogP contribution in [0.25, 0.3) is 0 Å². The van der Waals surface area contributed by atoms with Gasteiger partial charge in [0.25, 0.3) is 0 Å². The quantitative estimate of drug-likeness (QED) is 0.210. The Morgan fingerprint density at radius 3 is 2.41 bits per heavy atom. The van der Waals surface area contributed by atoms with Gasteiger partial charge >= 0.3 is 5.97 Å². The van der Waals surface area contributed by atoms with Crippen LogP contribution in [0.15, 0.2) is 12.2 Å². The zero-order valence-corrected chi connectivity index (χ0v) is 13.8. The fourth-order valence-corrected chi connectivity index (χ4v) is 1.68. The van der Waals surface area contributed by atoms with Crippen LogP contribution >= 0.6 is 38.5 Å². The van der Waals surface area contributed by atoms with E-state index in [-0.39, 0.29) is 19.0 Å². The van der Waals surface area contributed by atoms with Crippen molar-refractivity contribution in [1.82, 2.24) is 0 Å². The zero-order chi connectivity index (χ0) is 13.6. The number of Topliss-reactive ketones (excluding diaryl/α,β-unsaturated/α-hetero) is 1. The second-order valence-electron chi connectivity index (χ2n) is 3.68. The lowest BCUT2D eigenvalue weighted by atomic mass is 10.2. The average molecular weight is 419 g/mol. The third kappa shape index (κ3) is 7.15. The molecule has 0 amide bonds. The minimum absolute atomic E-state index is 0.0654. The Morgan fingerprint density at radius 1 is 1.47 bits per heavy atom. The summed E-state index contributed by atoms with van der Waals surface area (Å²) in [6.45, 7) is 8.74. The molecule has 0 aliphatic heterocycles. The van der Waals surface area contributed by atoms with Gasteiger partial charge in [-0.15, -0.1) is 0 Å². The van der Waals surface area contributed by atoms with Gasteiger partial charge in [-0.2, -0.15) is 0 Å². The van der Waals surface area contributed by atoms with Crippen molar-refractivity contribution in [1.29, 1.82) is 0 Å². The zero-order valence-electron chi connectivity index (χ0n) is 10.1. The monoisotopic (exact) mass is 418 g/mol. The second-order valence-corrected chi connectivity index (χ2v) is 8.91. The molecule has 0 heterocycles. The SMILES string of the molecule is C=C(C)C(=O)OCCOC(C)C(=O)C(C)(Br)I. The number of hydrogen-bond donors (Lipinski definition) is 0. The molecule has 0 aromatic heterocycles. The molecule has 0 saturated carbocycles. The maximum absolute atomic E-state index is 11.7. The highest BCUT2D eigenvalue weighted by molar-refractivity contribution is 14.1. The Kier molecular flexibility index (Phi) is 7.50. The number of carbonyl (C=O) groups excluding carboxylic acids is 2. The van der Waals surface area contributed by atoms with Crippen LogP contribution in [0.4, 0.5) is 0 Å². The van der Waals surface area contributed by atoms with E-state index < -0.39 is 14.4 Å². The predicted octanol–water partition coefficient (Wildman–Crippen LogP) is 2.63. The van der Waals surface area contributed by atoms with Crippen molar-refractivity contribution in [2.45, 2.75) is 29.2 Å². The van der Waals surface area contributed by atoms with Crippen molar-refractivity contribution in [3.63, 3.8) is 0 Å². The molecular formula is C11H16BrIO4. The number of hydrogen-bond acceptors (Lipinski definition) is 4. The lowest BCUT2D eigenvalue weighted by Crippen LogP contribution is -2.33. The van der Waals surface area contributed by atoms with Crippen LogP contribution in [-0.4, -0.2) is 33.4 Å². The van der Waals surface area contributed by atoms with Gasteiger partial charge in [0.2, 0.25) is 0 Å². The van der Waals surface area contributed by atoms with Crippen LogP contribution in [0, 0.1) is 0 Å². The maximum Gasteiger partial charge on any atom is 0.333 e. The molecule has 2 unspecified atom stereocenters. The summed E-state index contributed by atoms with van der Waals surface area (Å²) < 4.78 is 9.46. The van der Waals surface area contributed by atoms with Crippen molar-refractivity contribution in [3.8, 4) is 0 Å². The van der Waals surface area contributed by atoms with Crippen LogP contribution in [0.5, 0.6) is 0 Å². The first-order valence-corrected chi connectivity index (χ1v) is 6.89. The van der Waals surface area contributed by atoms with Gasteiger partial charge in [-0.25, -0.2) is 4.79 Å². The fraction of sp³-hybridized carbons (Fsp3) is 0.636. The summed E-state index contributed by atoms with van der Waals surface area (Å²) in [5.41, 5.74) is 0.342. The minimum Gasteiger partial charge on any atom is -0.460 e. The van der Waals surface area contributed by atoms with Gasteiger partial charge in [0.1, 0.15) is 15.0 Å². The lowest BCUT2D eigenvalue weighted by Gasteiger charge is -2.18. The molecule has 0 rings (SSSR count). The lowest BCUT2D eigenvalue weighted by molar-refractivity contribution is -0.142. The van der Waals surface area contributed by atoms with Crippen LogP contribution in [0.3, 0.4) is 0 Å². The molecule has 0 fully saturated rings. The third-order valence-electron chi connectivity index (χ3n) is 1.83. The number of carbonyl (C=O) groups is 2. The molecule has 2 atom stereocenters. The third-order valence-corrected chi connectivity index (χ3v) is 2.76. The molecular weight excluding hydrogens is 403 g/mol. The number of alkyl halides is 2. The van der Waals surface area contributed by atoms with Crippen molar-refractivity contribution < 1.29 is 19.1 Å². The first kappa shape index (κ1) is 17.1. The minimum atomic E-state index is -0.640. The number of rotatable bonds is 7. The smallest absolute Gasteiger partial charge is 0.333 e. The van der Waals surface area contributed by atoms with Crippen LogP contribution in [-0.2, 0) is 19.1 Å². The van der Waals surface area contributed by atoms with Gasteiger partial charge in [0, 0.05) is 5.57 Å². The van der Waals surface area contributed by atoms with E-state index in [9.17, 15) is 9.59 Å². The topological polar surface area (TPSA) is 52.6 Å². The van der Waals surface area contributed by atoms with E-state index in [0.29, 0.717) is 5.57 Å². The number of esters is 1.